The molecule has 7 heteroatoms. The number of halogens is 1. The van der Waals surface area contributed by atoms with E-state index in [0.29, 0.717) is 32.9 Å². The highest BCUT2D eigenvalue weighted by atomic mass is 35.5. The fourth-order valence-corrected chi connectivity index (χ4v) is 3.61. The van der Waals surface area contributed by atoms with Crippen molar-refractivity contribution in [2.75, 3.05) is 25.7 Å². The number of fused-ring (bicyclic) bond motifs is 1. The van der Waals surface area contributed by atoms with Crippen LogP contribution in [0, 0.1) is 12.3 Å². The summed E-state index contributed by atoms with van der Waals surface area (Å²) < 4.78 is 12.5. The molecule has 2 aromatic carbocycles. The van der Waals surface area contributed by atoms with E-state index < -0.39 is 11.4 Å². The van der Waals surface area contributed by atoms with E-state index in [-0.39, 0.29) is 17.8 Å². The standard InChI is InChI=1S/C25H25ClN2O4/c1-7-12-27(23(29)16-8-10-18(26)11-9-16)22-19-14-21(32-6)20(31-5)13-17(19)15-28(24(22)30)25(2,3)4/h1,8-11,13-15H,12H2,2-6H3. The first-order valence-corrected chi connectivity index (χ1v) is 10.3. The quantitative estimate of drug-likeness (QED) is 0.526. The minimum absolute atomic E-state index is 0.0890. The molecule has 0 fully saturated rings. The van der Waals surface area contributed by atoms with E-state index in [2.05, 4.69) is 5.92 Å². The average molecular weight is 453 g/mol. The molecule has 1 aromatic heterocycles. The molecule has 0 aliphatic rings. The van der Waals surface area contributed by atoms with Crippen molar-refractivity contribution < 1.29 is 14.3 Å². The molecule has 0 saturated heterocycles. The fraction of sp³-hybridized carbons (Fsp3) is 0.280. The van der Waals surface area contributed by atoms with Gasteiger partial charge in [0.15, 0.2) is 11.5 Å². The van der Waals surface area contributed by atoms with Crippen molar-refractivity contribution in [2.24, 2.45) is 0 Å². The van der Waals surface area contributed by atoms with E-state index >= 15 is 0 Å². The lowest BCUT2D eigenvalue weighted by molar-refractivity contribution is 0.0990. The summed E-state index contributed by atoms with van der Waals surface area (Å²) >= 11 is 5.97. The summed E-state index contributed by atoms with van der Waals surface area (Å²) in [5.41, 5.74) is -0.340. The zero-order valence-corrected chi connectivity index (χ0v) is 19.5. The highest BCUT2D eigenvalue weighted by molar-refractivity contribution is 6.30. The molecule has 1 amide bonds. The summed E-state index contributed by atoms with van der Waals surface area (Å²) in [6.07, 6.45) is 7.36. The number of ether oxygens (including phenoxy) is 2. The molecule has 3 aromatic rings. The van der Waals surface area contributed by atoms with Crippen molar-refractivity contribution in [1.29, 1.82) is 0 Å². The molecule has 0 aliphatic carbocycles. The van der Waals surface area contributed by atoms with Crippen LogP contribution in [0.15, 0.2) is 47.4 Å². The van der Waals surface area contributed by atoms with E-state index in [4.69, 9.17) is 27.5 Å². The number of hydrogen-bond acceptors (Lipinski definition) is 4. The van der Waals surface area contributed by atoms with Gasteiger partial charge in [0.25, 0.3) is 11.5 Å². The first-order valence-electron chi connectivity index (χ1n) is 9.95. The molecule has 0 atom stereocenters. The number of methoxy groups -OCH3 is 2. The van der Waals surface area contributed by atoms with Crippen LogP contribution in [0.2, 0.25) is 5.02 Å². The monoisotopic (exact) mass is 452 g/mol. The zero-order chi connectivity index (χ0) is 23.6. The Morgan fingerprint density at radius 1 is 1.12 bits per heavy atom. The van der Waals surface area contributed by atoms with Gasteiger partial charge in [-0.05, 0) is 57.2 Å². The normalized spacial score (nSPS) is 11.2. The molecule has 0 unspecified atom stereocenters. The summed E-state index contributed by atoms with van der Waals surface area (Å²) in [5.74, 6) is 3.05. The van der Waals surface area contributed by atoms with Crippen LogP contribution in [-0.2, 0) is 5.54 Å². The average Bonchev–Trinajstić information content (AvgIpc) is 2.76. The fourth-order valence-electron chi connectivity index (χ4n) is 3.48. The second-order valence-electron chi connectivity index (χ2n) is 8.22. The van der Waals surface area contributed by atoms with Crippen LogP contribution in [0.4, 0.5) is 5.69 Å². The number of terminal acetylenes is 1. The van der Waals surface area contributed by atoms with Crippen LogP contribution in [0.3, 0.4) is 0 Å². The minimum Gasteiger partial charge on any atom is -0.493 e. The Morgan fingerprint density at radius 2 is 1.72 bits per heavy atom. The predicted octanol–water partition coefficient (Wildman–Crippen LogP) is 4.71. The van der Waals surface area contributed by atoms with Crippen LogP contribution in [0.1, 0.15) is 31.1 Å². The third-order valence-electron chi connectivity index (χ3n) is 5.08. The molecule has 32 heavy (non-hydrogen) atoms. The van der Waals surface area contributed by atoms with E-state index in [9.17, 15) is 9.59 Å². The second kappa shape index (κ2) is 8.97. The van der Waals surface area contributed by atoms with Gasteiger partial charge in [-0.3, -0.25) is 14.5 Å². The molecule has 1 heterocycles. The Hall–Kier alpha value is -3.43. The second-order valence-corrected chi connectivity index (χ2v) is 8.66. The van der Waals surface area contributed by atoms with Gasteiger partial charge in [-0.2, -0.15) is 0 Å². The highest BCUT2D eigenvalue weighted by Crippen LogP contribution is 2.36. The van der Waals surface area contributed by atoms with E-state index in [1.54, 1.807) is 54.3 Å². The van der Waals surface area contributed by atoms with Crippen LogP contribution in [0.25, 0.3) is 10.8 Å². The first-order chi connectivity index (χ1) is 15.1. The van der Waals surface area contributed by atoms with Crippen molar-refractivity contribution in [3.8, 4) is 23.8 Å². The third-order valence-corrected chi connectivity index (χ3v) is 5.33. The highest BCUT2D eigenvalue weighted by Gasteiger charge is 2.27. The molecule has 0 aliphatic heterocycles. The minimum atomic E-state index is -0.543. The van der Waals surface area contributed by atoms with Crippen LogP contribution in [-0.4, -0.2) is 31.2 Å². The molecule has 0 saturated carbocycles. The maximum atomic E-state index is 13.7. The van der Waals surface area contributed by atoms with Gasteiger partial charge in [0.1, 0.15) is 5.69 Å². The summed E-state index contributed by atoms with van der Waals surface area (Å²) in [6, 6.07) is 9.91. The molecular formula is C25H25ClN2O4. The molecule has 0 spiro atoms. The van der Waals surface area contributed by atoms with Gasteiger partial charge in [-0.1, -0.05) is 17.5 Å². The van der Waals surface area contributed by atoms with E-state index in [1.807, 2.05) is 20.8 Å². The number of rotatable bonds is 5. The molecule has 6 nitrogen and oxygen atoms in total. The van der Waals surface area contributed by atoms with Crippen LogP contribution in [0.5, 0.6) is 11.5 Å². The zero-order valence-electron chi connectivity index (χ0n) is 18.7. The molecule has 0 N–H and O–H groups in total. The van der Waals surface area contributed by atoms with Crippen molar-refractivity contribution >= 4 is 34.0 Å². The number of nitrogens with zero attached hydrogens (tertiary/aromatic N) is 2. The van der Waals surface area contributed by atoms with E-state index in [1.165, 1.54) is 12.0 Å². The van der Waals surface area contributed by atoms with Crippen molar-refractivity contribution in [3.05, 3.63) is 63.5 Å². The Balaban J connectivity index is 2.39. The molecule has 3 rings (SSSR count). The Bertz CT molecular complexity index is 1260. The van der Waals surface area contributed by atoms with Crippen LogP contribution >= 0.6 is 11.6 Å². The summed E-state index contributed by atoms with van der Waals surface area (Å²) in [5, 5.41) is 1.74. The van der Waals surface area contributed by atoms with Gasteiger partial charge >= 0.3 is 0 Å². The van der Waals surface area contributed by atoms with Crippen molar-refractivity contribution in [2.45, 2.75) is 26.3 Å². The number of anilines is 1. The van der Waals surface area contributed by atoms with Gasteiger partial charge in [0.2, 0.25) is 0 Å². The number of carbonyl (C=O) groups excluding carboxylic acids is 1. The molecular weight excluding hydrogens is 428 g/mol. The van der Waals surface area contributed by atoms with Crippen molar-refractivity contribution in [1.82, 2.24) is 4.57 Å². The van der Waals surface area contributed by atoms with Gasteiger partial charge in [-0.25, -0.2) is 0 Å². The summed E-state index contributed by atoms with van der Waals surface area (Å²) in [7, 11) is 3.05. The maximum absolute atomic E-state index is 13.7. The van der Waals surface area contributed by atoms with Crippen LogP contribution < -0.4 is 19.9 Å². The maximum Gasteiger partial charge on any atom is 0.275 e. The molecule has 0 bridgehead atoms. The van der Waals surface area contributed by atoms with Gasteiger partial charge in [-0.15, -0.1) is 6.42 Å². The largest absolute Gasteiger partial charge is 0.493 e. The van der Waals surface area contributed by atoms with Gasteiger partial charge in [0.05, 0.1) is 20.8 Å². The number of amides is 1. The Morgan fingerprint density at radius 3 is 2.25 bits per heavy atom. The number of aromatic nitrogens is 1. The summed E-state index contributed by atoms with van der Waals surface area (Å²) in [6.45, 7) is 5.65. The smallest absolute Gasteiger partial charge is 0.275 e. The lowest BCUT2D eigenvalue weighted by Crippen LogP contribution is -2.41. The van der Waals surface area contributed by atoms with E-state index in [0.717, 1.165) is 0 Å². The Kier molecular flexibility index (Phi) is 6.52. The third kappa shape index (κ3) is 4.30. The summed E-state index contributed by atoms with van der Waals surface area (Å²) in [4.78, 5) is 28.5. The first kappa shape index (κ1) is 23.2. The molecule has 166 valence electrons. The number of pyridine rings is 1. The van der Waals surface area contributed by atoms with Crippen molar-refractivity contribution in [3.63, 3.8) is 0 Å². The lowest BCUT2D eigenvalue weighted by Gasteiger charge is -2.28. The SMILES string of the molecule is C#CCN(C(=O)c1ccc(Cl)cc1)c1c(=O)n(C(C)(C)C)cc2cc(OC)c(OC)cc12. The predicted molar refractivity (Wildman–Crippen MR) is 128 cm³/mol. The molecule has 0 radical (unpaired) electrons. The number of carbonyl (C=O) groups is 1. The van der Waals surface area contributed by atoms with Gasteiger partial charge in [0, 0.05) is 33.1 Å². The number of hydrogen-bond donors (Lipinski definition) is 0. The Labute approximate surface area is 192 Å². The van der Waals surface area contributed by atoms with Gasteiger partial charge < -0.3 is 14.0 Å². The lowest BCUT2D eigenvalue weighted by atomic mass is 10.0. The number of benzene rings is 2. The topological polar surface area (TPSA) is 60.8 Å².